The van der Waals surface area contributed by atoms with Gasteiger partial charge < -0.3 is 19.5 Å². The van der Waals surface area contributed by atoms with Gasteiger partial charge in [-0.05, 0) is 98.2 Å². The summed E-state index contributed by atoms with van der Waals surface area (Å²) >= 11 is 0. The highest BCUT2D eigenvalue weighted by Gasteiger charge is 2.50. The van der Waals surface area contributed by atoms with Crippen LogP contribution in [-0.2, 0) is 30.3 Å². The third kappa shape index (κ3) is 3.82. The number of ether oxygens (including phenoxy) is 1. The van der Waals surface area contributed by atoms with Gasteiger partial charge in [0, 0.05) is 37.5 Å². The van der Waals surface area contributed by atoms with Gasteiger partial charge in [0.2, 0.25) is 0 Å². The van der Waals surface area contributed by atoms with Crippen LogP contribution in [0.5, 0.6) is 0 Å². The molecule has 1 aliphatic heterocycles. The molecule has 1 aromatic heterocycles. The van der Waals surface area contributed by atoms with Crippen LogP contribution < -0.4 is 10.2 Å². The maximum atomic E-state index is 13.9. The van der Waals surface area contributed by atoms with E-state index in [1.165, 1.54) is 54.4 Å². The molecule has 3 fully saturated rings. The Kier molecular flexibility index (Phi) is 5.53. The van der Waals surface area contributed by atoms with Crippen molar-refractivity contribution < 1.29 is 9.53 Å². The van der Waals surface area contributed by atoms with Crippen LogP contribution >= 0.6 is 0 Å². The highest BCUT2D eigenvalue weighted by Crippen LogP contribution is 2.50. The van der Waals surface area contributed by atoms with Gasteiger partial charge in [0.15, 0.2) is 0 Å². The lowest BCUT2D eigenvalue weighted by Gasteiger charge is -2.46. The number of benzene rings is 2. The molecule has 4 aliphatic rings. The number of aryl methyl sites for hydroxylation is 1. The first-order chi connectivity index (χ1) is 18.4. The Morgan fingerprint density at radius 3 is 2.63 bits per heavy atom. The number of aromatic nitrogens is 3. The molecule has 0 bridgehead atoms. The second-order valence-corrected chi connectivity index (χ2v) is 12.3. The molecule has 198 valence electrons. The highest BCUT2D eigenvalue weighted by atomic mass is 16.5. The Morgan fingerprint density at radius 2 is 1.97 bits per heavy atom. The molecule has 2 aromatic carbocycles. The van der Waals surface area contributed by atoms with Gasteiger partial charge in [0.1, 0.15) is 12.2 Å². The molecule has 0 spiro atoms. The van der Waals surface area contributed by atoms with Crippen molar-refractivity contribution in [1.29, 1.82) is 0 Å². The van der Waals surface area contributed by atoms with Crippen LogP contribution in [0, 0.1) is 0 Å². The maximum absolute atomic E-state index is 13.9. The van der Waals surface area contributed by atoms with E-state index in [1.807, 2.05) is 16.5 Å². The van der Waals surface area contributed by atoms with Gasteiger partial charge in [0.25, 0.3) is 5.91 Å². The van der Waals surface area contributed by atoms with Crippen LogP contribution in [0.1, 0.15) is 96.2 Å². The van der Waals surface area contributed by atoms with E-state index in [9.17, 15) is 4.79 Å². The fourth-order valence-electron chi connectivity index (χ4n) is 6.89. The number of methoxy groups -OCH3 is 1. The van der Waals surface area contributed by atoms with Crippen LogP contribution in [0.4, 0.5) is 5.69 Å². The normalized spacial score (nSPS) is 25.7. The van der Waals surface area contributed by atoms with E-state index >= 15 is 0 Å². The average molecular weight is 512 g/mol. The summed E-state index contributed by atoms with van der Waals surface area (Å²) in [6.45, 7) is 3.79. The van der Waals surface area contributed by atoms with E-state index in [-0.39, 0.29) is 23.0 Å². The van der Waals surface area contributed by atoms with Crippen LogP contribution in [0.2, 0.25) is 0 Å². The van der Waals surface area contributed by atoms with Crippen molar-refractivity contribution in [2.45, 2.75) is 87.9 Å². The zero-order valence-electron chi connectivity index (χ0n) is 22.7. The van der Waals surface area contributed by atoms with E-state index in [0.29, 0.717) is 12.5 Å². The van der Waals surface area contributed by atoms with Gasteiger partial charge in [-0.2, -0.15) is 0 Å². The Labute approximate surface area is 224 Å². The maximum Gasteiger partial charge on any atom is 0.258 e. The zero-order valence-corrected chi connectivity index (χ0v) is 22.7. The largest absolute Gasteiger partial charge is 0.381 e. The summed E-state index contributed by atoms with van der Waals surface area (Å²) in [5.74, 6) is 1.67. The number of amides is 1. The fraction of sp³-hybridized carbons (Fsp3) is 0.516. The molecular formula is C31H37N5O2. The van der Waals surface area contributed by atoms with Crippen LogP contribution in [0.15, 0.2) is 42.7 Å². The Balaban J connectivity index is 1.20. The molecule has 1 amide bonds. The number of carbonyl (C=O) groups excluding carboxylic acids is 1. The molecule has 3 aromatic rings. The molecule has 3 aliphatic carbocycles. The number of fused-ring (bicyclic) bond motifs is 1. The van der Waals surface area contributed by atoms with E-state index in [1.54, 1.807) is 13.4 Å². The highest BCUT2D eigenvalue weighted by molar-refractivity contribution is 6.10. The summed E-state index contributed by atoms with van der Waals surface area (Å²) in [6, 6.07) is 13.0. The first-order valence-corrected chi connectivity index (χ1v) is 14.1. The fourth-order valence-corrected chi connectivity index (χ4v) is 6.89. The SMILES string of the molecule is COC1CC(c2cccc(N3Cc4c(cc(CNC5(C)CCC5)cc4C4CC4)C3=O)c2)(c2nncn2C)C1. The van der Waals surface area contributed by atoms with E-state index in [0.717, 1.165) is 36.5 Å². The van der Waals surface area contributed by atoms with E-state index < -0.39 is 0 Å². The summed E-state index contributed by atoms with van der Waals surface area (Å²) in [6.07, 6.45) is 9.90. The molecule has 7 nitrogen and oxygen atoms in total. The number of hydrogen-bond donors (Lipinski definition) is 1. The van der Waals surface area contributed by atoms with Gasteiger partial charge in [-0.1, -0.05) is 18.2 Å². The molecule has 38 heavy (non-hydrogen) atoms. The topological polar surface area (TPSA) is 72.3 Å². The standard InChI is InChI=1S/C31H37N5O2/c1-30(10-5-11-30)32-17-20-12-25(21-8-9-21)27-18-36(28(37)26(27)13-20)23-7-4-6-22(14-23)31(15-24(16-31)38-3)29-34-33-19-35(29)2/h4,6-7,12-14,19,21,24,32H,5,8-11,15-18H2,1-3H3. The first-order valence-electron chi connectivity index (χ1n) is 14.1. The zero-order chi connectivity index (χ0) is 26.1. The molecule has 7 rings (SSSR count). The van der Waals surface area contributed by atoms with Crippen molar-refractivity contribution in [2.24, 2.45) is 7.05 Å². The van der Waals surface area contributed by atoms with Crippen molar-refractivity contribution in [1.82, 2.24) is 20.1 Å². The number of carbonyl (C=O) groups is 1. The number of rotatable bonds is 8. The summed E-state index contributed by atoms with van der Waals surface area (Å²) < 4.78 is 7.68. The predicted octanol–water partition coefficient (Wildman–Crippen LogP) is 4.98. The summed E-state index contributed by atoms with van der Waals surface area (Å²) in [5.41, 5.74) is 6.86. The van der Waals surface area contributed by atoms with Crippen molar-refractivity contribution in [2.75, 3.05) is 12.0 Å². The molecule has 0 radical (unpaired) electrons. The van der Waals surface area contributed by atoms with Gasteiger partial charge in [0.05, 0.1) is 18.1 Å². The van der Waals surface area contributed by atoms with Gasteiger partial charge in [-0.3, -0.25) is 4.79 Å². The van der Waals surface area contributed by atoms with Crippen LogP contribution in [0.25, 0.3) is 0 Å². The first kappa shape index (κ1) is 24.0. The Hall–Kier alpha value is -3.03. The monoisotopic (exact) mass is 511 g/mol. The molecule has 3 saturated carbocycles. The van der Waals surface area contributed by atoms with Gasteiger partial charge >= 0.3 is 0 Å². The van der Waals surface area contributed by atoms with Crippen molar-refractivity contribution in [3.8, 4) is 0 Å². The Bertz CT molecular complexity index is 1400. The van der Waals surface area contributed by atoms with Crippen LogP contribution in [-0.4, -0.2) is 39.4 Å². The molecule has 0 atom stereocenters. The quantitative estimate of drug-likeness (QED) is 0.462. The number of nitrogens with zero attached hydrogens (tertiary/aromatic N) is 4. The number of nitrogens with one attached hydrogen (secondary N) is 1. The number of hydrogen-bond acceptors (Lipinski definition) is 5. The lowest BCUT2D eigenvalue weighted by atomic mass is 9.62. The minimum absolute atomic E-state index is 0.117. The third-order valence-corrected chi connectivity index (χ3v) is 9.67. The summed E-state index contributed by atoms with van der Waals surface area (Å²) in [5, 5.41) is 12.4. The second-order valence-electron chi connectivity index (χ2n) is 12.3. The Morgan fingerprint density at radius 1 is 1.16 bits per heavy atom. The lowest BCUT2D eigenvalue weighted by Crippen LogP contribution is -2.48. The van der Waals surface area contributed by atoms with Gasteiger partial charge in [-0.15, -0.1) is 10.2 Å². The minimum Gasteiger partial charge on any atom is -0.381 e. The smallest absolute Gasteiger partial charge is 0.258 e. The third-order valence-electron chi connectivity index (χ3n) is 9.67. The van der Waals surface area contributed by atoms with Crippen molar-refractivity contribution in [3.63, 3.8) is 0 Å². The summed E-state index contributed by atoms with van der Waals surface area (Å²) in [4.78, 5) is 15.9. The average Bonchev–Trinajstić information content (AvgIpc) is 3.56. The van der Waals surface area contributed by atoms with Gasteiger partial charge in [-0.25, -0.2) is 0 Å². The second kappa shape index (κ2) is 8.75. The van der Waals surface area contributed by atoms with E-state index in [2.05, 4.69) is 58.8 Å². The van der Waals surface area contributed by atoms with Crippen molar-refractivity contribution in [3.05, 3.63) is 76.4 Å². The molecule has 0 unspecified atom stereocenters. The molecule has 0 saturated heterocycles. The number of anilines is 1. The molecule has 2 heterocycles. The summed E-state index contributed by atoms with van der Waals surface area (Å²) in [7, 11) is 3.77. The molecular weight excluding hydrogens is 474 g/mol. The predicted molar refractivity (Wildman–Crippen MR) is 146 cm³/mol. The van der Waals surface area contributed by atoms with Crippen LogP contribution in [0.3, 0.4) is 0 Å². The molecule has 1 N–H and O–H groups in total. The minimum atomic E-state index is -0.257. The van der Waals surface area contributed by atoms with E-state index in [4.69, 9.17) is 4.74 Å². The lowest BCUT2D eigenvalue weighted by molar-refractivity contribution is -0.00695. The molecule has 7 heteroatoms. The van der Waals surface area contributed by atoms with Crippen molar-refractivity contribution >= 4 is 11.6 Å².